The van der Waals surface area contributed by atoms with Crippen molar-refractivity contribution in [3.05, 3.63) is 64.7 Å². The fourth-order valence-electron chi connectivity index (χ4n) is 2.95. The minimum Gasteiger partial charge on any atom is -0.385 e. The summed E-state index contributed by atoms with van der Waals surface area (Å²) >= 11 is 0. The molecule has 0 saturated carbocycles. The Kier molecular flexibility index (Phi) is 7.50. The number of nitrogens with one attached hydrogen (secondary N) is 1. The molecular formula is C19H26N3O5S+. The smallest absolute Gasteiger partial charge is 0.271 e. The van der Waals surface area contributed by atoms with Gasteiger partial charge in [0.2, 0.25) is 0 Å². The molecule has 1 atom stereocenters. The topological polar surface area (TPSA) is 105 Å². The molecule has 0 bridgehead atoms. The number of aliphatic hydroxyl groups is 1. The van der Waals surface area contributed by atoms with Crippen LogP contribution in [0.2, 0.25) is 0 Å². The van der Waals surface area contributed by atoms with E-state index in [0.717, 1.165) is 22.3 Å². The number of non-ortho nitro benzene ring substituents is 1. The van der Waals surface area contributed by atoms with Gasteiger partial charge >= 0.3 is 0 Å². The van der Waals surface area contributed by atoms with Crippen LogP contribution in [-0.4, -0.2) is 50.7 Å². The van der Waals surface area contributed by atoms with E-state index in [4.69, 9.17) is 0 Å². The molecule has 152 valence electrons. The van der Waals surface area contributed by atoms with Crippen LogP contribution in [0.1, 0.15) is 13.8 Å². The van der Waals surface area contributed by atoms with Gasteiger partial charge in [-0.05, 0) is 32.0 Å². The van der Waals surface area contributed by atoms with Gasteiger partial charge in [0.25, 0.3) is 15.7 Å². The highest BCUT2D eigenvalue weighted by Gasteiger charge is 2.29. The number of likely N-dealkylation sites (N-methyl/N-ethyl adjacent to an activating group) is 1. The first-order chi connectivity index (χ1) is 13.3. The van der Waals surface area contributed by atoms with Crippen LogP contribution < -0.4 is 9.21 Å². The molecule has 0 aromatic heterocycles. The Morgan fingerprint density at radius 3 is 2.32 bits per heavy atom. The van der Waals surface area contributed by atoms with Crippen molar-refractivity contribution in [2.45, 2.75) is 24.8 Å². The average Bonchev–Trinajstić information content (AvgIpc) is 2.70. The van der Waals surface area contributed by atoms with Crippen molar-refractivity contribution < 1.29 is 23.3 Å². The van der Waals surface area contributed by atoms with Crippen molar-refractivity contribution in [1.29, 1.82) is 0 Å². The number of rotatable bonds is 10. The Bertz CT molecular complexity index is 885. The lowest BCUT2D eigenvalue weighted by Gasteiger charge is -2.28. The van der Waals surface area contributed by atoms with Crippen LogP contribution in [0.15, 0.2) is 59.5 Å². The molecule has 28 heavy (non-hydrogen) atoms. The summed E-state index contributed by atoms with van der Waals surface area (Å²) in [6.45, 7) is 5.77. The third kappa shape index (κ3) is 5.28. The first kappa shape index (κ1) is 21.8. The van der Waals surface area contributed by atoms with E-state index in [1.165, 1.54) is 36.4 Å². The highest BCUT2D eigenvalue weighted by Crippen LogP contribution is 2.27. The van der Waals surface area contributed by atoms with E-state index in [1.807, 2.05) is 13.8 Å². The summed E-state index contributed by atoms with van der Waals surface area (Å²) < 4.78 is 27.5. The highest BCUT2D eigenvalue weighted by atomic mass is 32.2. The number of quaternary nitrogens is 1. The third-order valence-electron chi connectivity index (χ3n) is 4.56. The summed E-state index contributed by atoms with van der Waals surface area (Å²) in [5.74, 6) is 0. The van der Waals surface area contributed by atoms with Crippen LogP contribution in [0.5, 0.6) is 0 Å². The average molecular weight is 409 g/mol. The van der Waals surface area contributed by atoms with Crippen molar-refractivity contribution in [2.24, 2.45) is 0 Å². The minimum atomic E-state index is -4.00. The SMILES string of the molecule is CC[NH+](CC)C[C@H](O)CN(c1cccc([N+](=O)[O-])c1)S(=O)(=O)c1ccccc1. The molecule has 9 heteroatoms. The second-order valence-electron chi connectivity index (χ2n) is 6.44. The fraction of sp³-hybridized carbons (Fsp3) is 0.368. The summed E-state index contributed by atoms with van der Waals surface area (Å²) in [4.78, 5) is 11.7. The van der Waals surface area contributed by atoms with Crippen LogP contribution in [0.4, 0.5) is 11.4 Å². The van der Waals surface area contributed by atoms with Crippen LogP contribution in [0.25, 0.3) is 0 Å². The molecule has 0 amide bonds. The van der Waals surface area contributed by atoms with Gasteiger partial charge in [0, 0.05) is 12.1 Å². The lowest BCUT2D eigenvalue weighted by Crippen LogP contribution is -3.12. The van der Waals surface area contributed by atoms with E-state index in [9.17, 15) is 23.6 Å². The minimum absolute atomic E-state index is 0.0592. The standard InChI is InChI=1S/C19H25N3O5S/c1-3-20(4-2)14-18(23)15-21(16-9-8-10-17(13-16)22(24)25)28(26,27)19-11-6-5-7-12-19/h5-13,18,23H,3-4,14-15H2,1-2H3/p+1/t18-/m0/s1. The van der Waals surface area contributed by atoms with Crippen molar-refractivity contribution in [1.82, 2.24) is 0 Å². The van der Waals surface area contributed by atoms with E-state index >= 15 is 0 Å². The normalized spacial score (nSPS) is 12.7. The number of nitro groups is 1. The lowest BCUT2D eigenvalue weighted by molar-refractivity contribution is -0.899. The number of hydrogen-bond acceptors (Lipinski definition) is 5. The Labute approximate surface area is 165 Å². The lowest BCUT2D eigenvalue weighted by atomic mass is 10.2. The zero-order chi connectivity index (χ0) is 20.7. The number of anilines is 1. The van der Waals surface area contributed by atoms with Crippen molar-refractivity contribution in [3.63, 3.8) is 0 Å². The Morgan fingerprint density at radius 2 is 1.75 bits per heavy atom. The monoisotopic (exact) mass is 408 g/mol. The molecule has 2 aromatic rings. The van der Waals surface area contributed by atoms with E-state index in [0.29, 0.717) is 6.54 Å². The molecule has 2 aromatic carbocycles. The predicted octanol–water partition coefficient (Wildman–Crippen LogP) is 1.08. The molecule has 8 nitrogen and oxygen atoms in total. The summed E-state index contributed by atoms with van der Waals surface area (Å²) in [5, 5.41) is 21.7. The number of nitro benzene ring substituents is 1. The Morgan fingerprint density at radius 1 is 1.11 bits per heavy atom. The highest BCUT2D eigenvalue weighted by molar-refractivity contribution is 7.92. The third-order valence-corrected chi connectivity index (χ3v) is 6.37. The number of nitrogens with zero attached hydrogens (tertiary/aromatic N) is 2. The molecule has 0 heterocycles. The fourth-order valence-corrected chi connectivity index (χ4v) is 4.47. The van der Waals surface area contributed by atoms with Gasteiger partial charge in [-0.1, -0.05) is 24.3 Å². The number of sulfonamides is 1. The largest absolute Gasteiger partial charge is 0.385 e. The van der Waals surface area contributed by atoms with Gasteiger partial charge in [0.05, 0.1) is 35.1 Å². The van der Waals surface area contributed by atoms with Crippen molar-refractivity contribution in [2.75, 3.05) is 30.5 Å². The van der Waals surface area contributed by atoms with Gasteiger partial charge in [-0.15, -0.1) is 0 Å². The number of benzene rings is 2. The molecule has 2 N–H and O–H groups in total. The van der Waals surface area contributed by atoms with Crippen LogP contribution >= 0.6 is 0 Å². The molecule has 0 fully saturated rings. The van der Waals surface area contributed by atoms with Crippen molar-refractivity contribution in [3.8, 4) is 0 Å². The summed E-state index contributed by atoms with van der Waals surface area (Å²) in [5.41, 5.74) is -0.0683. The molecule has 0 saturated heterocycles. The second-order valence-corrected chi connectivity index (χ2v) is 8.30. The van der Waals surface area contributed by atoms with Crippen LogP contribution in [-0.2, 0) is 10.0 Å². The van der Waals surface area contributed by atoms with Crippen LogP contribution in [0.3, 0.4) is 0 Å². The maximum atomic E-state index is 13.2. The van der Waals surface area contributed by atoms with Crippen LogP contribution in [0, 0.1) is 10.1 Å². The first-order valence-electron chi connectivity index (χ1n) is 9.13. The van der Waals surface area contributed by atoms with E-state index in [2.05, 4.69) is 0 Å². The Balaban J connectivity index is 2.44. The predicted molar refractivity (Wildman–Crippen MR) is 107 cm³/mol. The van der Waals surface area contributed by atoms with E-state index < -0.39 is 21.1 Å². The van der Waals surface area contributed by atoms with Gasteiger partial charge in [0.1, 0.15) is 12.6 Å². The first-order valence-corrected chi connectivity index (χ1v) is 10.6. The molecule has 2 rings (SSSR count). The number of hydrogen-bond donors (Lipinski definition) is 2. The van der Waals surface area contributed by atoms with Gasteiger partial charge < -0.3 is 10.0 Å². The summed E-state index contributed by atoms with van der Waals surface area (Å²) in [7, 11) is -4.00. The summed E-state index contributed by atoms with van der Waals surface area (Å²) in [6, 6.07) is 13.3. The quantitative estimate of drug-likeness (QED) is 0.452. The molecule has 0 spiro atoms. The van der Waals surface area contributed by atoms with E-state index in [-0.39, 0.29) is 22.8 Å². The molecule has 0 radical (unpaired) electrons. The molecule has 0 aliphatic carbocycles. The van der Waals surface area contributed by atoms with Crippen molar-refractivity contribution >= 4 is 21.4 Å². The number of aliphatic hydroxyl groups excluding tert-OH is 1. The molecule has 0 aliphatic heterocycles. The van der Waals surface area contributed by atoms with Gasteiger partial charge in [0.15, 0.2) is 0 Å². The zero-order valence-electron chi connectivity index (χ0n) is 16.0. The molecule has 0 unspecified atom stereocenters. The maximum absolute atomic E-state index is 13.2. The van der Waals surface area contributed by atoms with Gasteiger partial charge in [-0.25, -0.2) is 8.42 Å². The molecule has 0 aliphatic rings. The second kappa shape index (κ2) is 9.63. The van der Waals surface area contributed by atoms with Gasteiger partial charge in [-0.3, -0.25) is 14.4 Å². The van der Waals surface area contributed by atoms with E-state index in [1.54, 1.807) is 18.2 Å². The maximum Gasteiger partial charge on any atom is 0.271 e. The summed E-state index contributed by atoms with van der Waals surface area (Å²) in [6.07, 6.45) is -0.923. The Hall–Kier alpha value is -2.49. The van der Waals surface area contributed by atoms with Gasteiger partial charge in [-0.2, -0.15) is 0 Å². The molecular weight excluding hydrogens is 382 g/mol. The zero-order valence-corrected chi connectivity index (χ0v) is 16.8.